The van der Waals surface area contributed by atoms with E-state index in [4.69, 9.17) is 0 Å². The van der Waals surface area contributed by atoms with E-state index in [0.29, 0.717) is 31.5 Å². The van der Waals surface area contributed by atoms with Crippen LogP contribution in [0, 0.1) is 6.92 Å². The van der Waals surface area contributed by atoms with Crippen molar-refractivity contribution in [3.63, 3.8) is 0 Å². The summed E-state index contributed by atoms with van der Waals surface area (Å²) in [5.41, 5.74) is 5.71. The molecule has 3 N–H and O–H groups in total. The molecule has 0 atom stereocenters. The SMILES string of the molecule is Cc1[nH]cnc1/C=C1/C(=O)Nc2cc(CCCNC(=O)c3cccn(Cc4ccccc4)c3=O)ccc21. The highest BCUT2D eigenvalue weighted by Crippen LogP contribution is 2.34. The quantitative estimate of drug-likeness (QED) is 0.256. The number of H-pyrrole nitrogens is 1. The van der Waals surface area contributed by atoms with Crippen molar-refractivity contribution in [2.24, 2.45) is 0 Å². The van der Waals surface area contributed by atoms with Crippen LogP contribution in [0.15, 0.2) is 78.0 Å². The van der Waals surface area contributed by atoms with E-state index in [1.54, 1.807) is 35.3 Å². The molecule has 0 aliphatic carbocycles. The molecule has 0 saturated carbocycles. The molecule has 186 valence electrons. The molecule has 1 aliphatic heterocycles. The van der Waals surface area contributed by atoms with Gasteiger partial charge in [0.05, 0.1) is 24.1 Å². The number of amides is 2. The molecule has 0 bridgehead atoms. The molecule has 37 heavy (non-hydrogen) atoms. The van der Waals surface area contributed by atoms with Crippen LogP contribution < -0.4 is 16.2 Å². The van der Waals surface area contributed by atoms with Crippen molar-refractivity contribution in [1.29, 1.82) is 0 Å². The lowest BCUT2D eigenvalue weighted by Gasteiger charge is -2.09. The predicted octanol–water partition coefficient (Wildman–Crippen LogP) is 3.78. The molecule has 3 heterocycles. The molecule has 5 rings (SSSR count). The van der Waals surface area contributed by atoms with E-state index in [0.717, 1.165) is 33.8 Å². The zero-order valence-electron chi connectivity index (χ0n) is 20.5. The van der Waals surface area contributed by atoms with Crippen LogP contribution in [0.1, 0.15) is 44.9 Å². The minimum atomic E-state index is -0.378. The molecule has 0 radical (unpaired) electrons. The summed E-state index contributed by atoms with van der Waals surface area (Å²) < 4.78 is 1.54. The Balaban J connectivity index is 1.18. The number of aromatic amines is 1. The Hall–Kier alpha value is -4.72. The smallest absolute Gasteiger partial charge is 0.263 e. The van der Waals surface area contributed by atoms with Gasteiger partial charge in [0.25, 0.3) is 17.4 Å². The Morgan fingerprint density at radius 3 is 2.68 bits per heavy atom. The lowest BCUT2D eigenvalue weighted by Crippen LogP contribution is -2.33. The van der Waals surface area contributed by atoms with Crippen molar-refractivity contribution in [3.05, 3.63) is 117 Å². The summed E-state index contributed by atoms with van der Waals surface area (Å²) >= 11 is 0. The second-order valence-corrected chi connectivity index (χ2v) is 9.00. The van der Waals surface area contributed by atoms with Gasteiger partial charge in [0.2, 0.25) is 0 Å². The number of rotatable bonds is 8. The number of hydrogen-bond acceptors (Lipinski definition) is 4. The molecule has 0 fully saturated rings. The topological polar surface area (TPSA) is 109 Å². The third-order valence-corrected chi connectivity index (χ3v) is 6.41. The number of carbonyl (C=O) groups excluding carboxylic acids is 2. The van der Waals surface area contributed by atoms with Crippen LogP contribution in [0.5, 0.6) is 0 Å². The van der Waals surface area contributed by atoms with Crippen LogP contribution in [-0.4, -0.2) is 32.9 Å². The molecule has 1 aliphatic rings. The highest BCUT2D eigenvalue weighted by atomic mass is 16.2. The van der Waals surface area contributed by atoms with Gasteiger partial charge in [0.1, 0.15) is 5.56 Å². The van der Waals surface area contributed by atoms with Gasteiger partial charge in [-0.15, -0.1) is 0 Å². The highest BCUT2D eigenvalue weighted by Gasteiger charge is 2.24. The minimum Gasteiger partial charge on any atom is -0.352 e. The first kappa shape index (κ1) is 24.0. The number of nitrogens with one attached hydrogen (secondary N) is 3. The molecule has 0 unspecified atom stereocenters. The van der Waals surface area contributed by atoms with E-state index in [1.807, 2.05) is 55.5 Å². The maximum atomic E-state index is 12.8. The Bertz CT molecular complexity index is 1550. The van der Waals surface area contributed by atoms with Gasteiger partial charge < -0.3 is 20.2 Å². The van der Waals surface area contributed by atoms with Crippen molar-refractivity contribution in [2.45, 2.75) is 26.3 Å². The monoisotopic (exact) mass is 493 g/mol. The Labute approximate surface area is 214 Å². The van der Waals surface area contributed by atoms with Crippen molar-refractivity contribution in [3.8, 4) is 0 Å². The lowest BCUT2D eigenvalue weighted by molar-refractivity contribution is -0.110. The molecule has 2 amide bonds. The zero-order valence-corrected chi connectivity index (χ0v) is 20.5. The van der Waals surface area contributed by atoms with Crippen molar-refractivity contribution < 1.29 is 9.59 Å². The van der Waals surface area contributed by atoms with E-state index in [2.05, 4.69) is 20.6 Å². The number of benzene rings is 2. The molecule has 2 aromatic carbocycles. The van der Waals surface area contributed by atoms with Crippen LogP contribution in [-0.2, 0) is 17.8 Å². The van der Waals surface area contributed by atoms with Gasteiger partial charge >= 0.3 is 0 Å². The molecule has 4 aromatic rings. The number of imidazole rings is 1. The summed E-state index contributed by atoms with van der Waals surface area (Å²) in [5.74, 6) is -0.528. The first-order chi connectivity index (χ1) is 18.0. The van der Waals surface area contributed by atoms with Crippen molar-refractivity contribution in [2.75, 3.05) is 11.9 Å². The lowest BCUT2D eigenvalue weighted by atomic mass is 10.0. The Morgan fingerprint density at radius 1 is 1.05 bits per heavy atom. The molecule has 0 spiro atoms. The van der Waals surface area contributed by atoms with E-state index in [9.17, 15) is 14.4 Å². The maximum absolute atomic E-state index is 12.8. The molecule has 2 aromatic heterocycles. The standard InChI is InChI=1S/C29H27N5O3/c1-19-25(32-18-31-19)16-24-22-12-11-20(15-26(22)33-28(24)36)9-5-13-30-27(35)23-10-6-14-34(29(23)37)17-21-7-3-2-4-8-21/h2-4,6-8,10-12,14-16,18H,5,9,13,17H2,1H3,(H,30,35)(H,31,32)(H,33,36)/b24-16+. The summed E-state index contributed by atoms with van der Waals surface area (Å²) in [6.45, 7) is 2.75. The number of aryl methyl sites for hydroxylation is 2. The number of fused-ring (bicyclic) bond motifs is 1. The average molecular weight is 494 g/mol. The van der Waals surface area contributed by atoms with E-state index < -0.39 is 0 Å². The molecular formula is C29H27N5O3. The summed E-state index contributed by atoms with van der Waals surface area (Å²) in [5, 5.41) is 5.78. The Kier molecular flexibility index (Phi) is 6.81. The number of hydrogen-bond donors (Lipinski definition) is 3. The fourth-order valence-electron chi connectivity index (χ4n) is 4.40. The van der Waals surface area contributed by atoms with Crippen molar-refractivity contribution in [1.82, 2.24) is 19.9 Å². The van der Waals surface area contributed by atoms with Gasteiger partial charge in [-0.05, 0) is 55.2 Å². The van der Waals surface area contributed by atoms with E-state index >= 15 is 0 Å². The van der Waals surface area contributed by atoms with Gasteiger partial charge in [0, 0.05) is 29.7 Å². The molecule has 8 heteroatoms. The summed E-state index contributed by atoms with van der Waals surface area (Å²) in [6.07, 6.45) is 6.50. The van der Waals surface area contributed by atoms with E-state index in [-0.39, 0.29) is 22.9 Å². The van der Waals surface area contributed by atoms with Gasteiger partial charge in [-0.25, -0.2) is 4.98 Å². The summed E-state index contributed by atoms with van der Waals surface area (Å²) in [7, 11) is 0. The summed E-state index contributed by atoms with van der Waals surface area (Å²) in [4.78, 5) is 45.3. The van der Waals surface area contributed by atoms with Gasteiger partial charge in [-0.3, -0.25) is 14.4 Å². The third-order valence-electron chi connectivity index (χ3n) is 6.41. The minimum absolute atomic E-state index is 0.130. The fraction of sp³-hybridized carbons (Fsp3) is 0.172. The summed E-state index contributed by atoms with van der Waals surface area (Å²) in [6, 6.07) is 18.8. The molecule has 0 saturated heterocycles. The zero-order chi connectivity index (χ0) is 25.8. The van der Waals surface area contributed by atoms with Crippen LogP contribution in [0.25, 0.3) is 11.6 Å². The normalized spacial score (nSPS) is 13.4. The largest absolute Gasteiger partial charge is 0.352 e. The third kappa shape index (κ3) is 5.28. The average Bonchev–Trinajstić information content (AvgIpc) is 3.45. The van der Waals surface area contributed by atoms with Crippen LogP contribution in [0.3, 0.4) is 0 Å². The predicted molar refractivity (Wildman–Crippen MR) is 143 cm³/mol. The van der Waals surface area contributed by atoms with Crippen LogP contribution in [0.4, 0.5) is 5.69 Å². The molecular weight excluding hydrogens is 466 g/mol. The van der Waals surface area contributed by atoms with Gasteiger partial charge in [-0.2, -0.15) is 0 Å². The number of pyridine rings is 1. The van der Waals surface area contributed by atoms with Gasteiger partial charge in [-0.1, -0.05) is 42.5 Å². The van der Waals surface area contributed by atoms with Crippen LogP contribution >= 0.6 is 0 Å². The number of anilines is 1. The number of nitrogens with zero attached hydrogens (tertiary/aromatic N) is 2. The first-order valence-corrected chi connectivity index (χ1v) is 12.2. The second kappa shape index (κ2) is 10.5. The fourth-order valence-corrected chi connectivity index (χ4v) is 4.40. The highest BCUT2D eigenvalue weighted by molar-refractivity contribution is 6.34. The van der Waals surface area contributed by atoms with E-state index in [1.165, 1.54) is 0 Å². The number of carbonyl (C=O) groups is 2. The van der Waals surface area contributed by atoms with Crippen molar-refractivity contribution >= 4 is 29.2 Å². The second-order valence-electron chi connectivity index (χ2n) is 9.00. The van der Waals surface area contributed by atoms with Gasteiger partial charge in [0.15, 0.2) is 0 Å². The maximum Gasteiger partial charge on any atom is 0.263 e. The Morgan fingerprint density at radius 2 is 1.89 bits per heavy atom. The van der Waals surface area contributed by atoms with Crippen LogP contribution in [0.2, 0.25) is 0 Å². The number of aromatic nitrogens is 3. The first-order valence-electron chi connectivity index (χ1n) is 12.2. The molecule has 8 nitrogen and oxygen atoms in total.